The second-order valence-corrected chi connectivity index (χ2v) is 5.72. The lowest BCUT2D eigenvalue weighted by Gasteiger charge is -2.19. The Morgan fingerprint density at radius 1 is 1.22 bits per heavy atom. The molecule has 0 unspecified atom stereocenters. The predicted molar refractivity (Wildman–Crippen MR) is 76.5 cm³/mol. The maximum atomic E-state index is 11.3. The minimum absolute atomic E-state index is 0.170. The molecule has 0 aliphatic carbocycles. The number of Topliss-reactive ketones (excluding diaryl/α,β-unsaturated/α-hetero) is 1. The number of terminal acetylenes is 1. The molecule has 0 radical (unpaired) electrons. The summed E-state index contributed by atoms with van der Waals surface area (Å²) in [6.07, 6.45) is 7.78. The van der Waals surface area contributed by atoms with Crippen LogP contribution in [0.3, 0.4) is 0 Å². The van der Waals surface area contributed by atoms with Gasteiger partial charge in [0.05, 0.1) is 6.42 Å². The van der Waals surface area contributed by atoms with E-state index in [4.69, 9.17) is 6.42 Å². The van der Waals surface area contributed by atoms with Crippen LogP contribution >= 0.6 is 0 Å². The van der Waals surface area contributed by atoms with Crippen molar-refractivity contribution in [1.82, 2.24) is 0 Å². The van der Waals surface area contributed by atoms with Gasteiger partial charge in [0.15, 0.2) is 0 Å². The lowest BCUT2D eigenvalue weighted by Crippen LogP contribution is -2.10. The van der Waals surface area contributed by atoms with Gasteiger partial charge >= 0.3 is 0 Å². The molecular weight excluding hydrogens is 220 g/mol. The quantitative estimate of drug-likeness (QED) is 0.716. The Kier molecular flexibility index (Phi) is 5.16. The minimum atomic E-state index is 0.170. The molecule has 0 aliphatic rings. The van der Waals surface area contributed by atoms with Crippen molar-refractivity contribution in [2.24, 2.45) is 0 Å². The monoisotopic (exact) mass is 242 g/mol. The van der Waals surface area contributed by atoms with E-state index in [1.54, 1.807) is 0 Å². The van der Waals surface area contributed by atoms with E-state index in [0.717, 1.165) is 12.8 Å². The number of rotatable bonds is 5. The minimum Gasteiger partial charge on any atom is -0.299 e. The van der Waals surface area contributed by atoms with Gasteiger partial charge in [-0.2, -0.15) is 0 Å². The summed E-state index contributed by atoms with van der Waals surface area (Å²) >= 11 is 0. The van der Waals surface area contributed by atoms with Crippen molar-refractivity contribution >= 4 is 5.78 Å². The van der Waals surface area contributed by atoms with Crippen LogP contribution in [0.25, 0.3) is 0 Å². The highest BCUT2D eigenvalue weighted by atomic mass is 16.1. The Labute approximate surface area is 111 Å². The van der Waals surface area contributed by atoms with E-state index >= 15 is 0 Å². The molecule has 0 saturated carbocycles. The highest BCUT2D eigenvalue weighted by Gasteiger charge is 2.12. The van der Waals surface area contributed by atoms with Crippen molar-refractivity contribution in [2.75, 3.05) is 0 Å². The molecule has 0 fully saturated rings. The third-order valence-corrected chi connectivity index (χ3v) is 3.04. The molecule has 18 heavy (non-hydrogen) atoms. The lowest BCUT2D eigenvalue weighted by molar-refractivity contribution is -0.118. The number of ketones is 1. The maximum absolute atomic E-state index is 11.3. The van der Waals surface area contributed by atoms with Gasteiger partial charge < -0.3 is 0 Å². The van der Waals surface area contributed by atoms with E-state index in [9.17, 15) is 4.79 Å². The molecule has 0 aromatic heterocycles. The molecule has 0 spiro atoms. The summed E-state index contributed by atoms with van der Waals surface area (Å²) in [5.74, 6) is 2.56. The van der Waals surface area contributed by atoms with E-state index in [0.29, 0.717) is 6.42 Å². The summed E-state index contributed by atoms with van der Waals surface area (Å²) < 4.78 is 0. The fourth-order valence-corrected chi connectivity index (χ4v) is 1.86. The van der Waals surface area contributed by atoms with Crippen LogP contribution in [0.2, 0.25) is 0 Å². The van der Waals surface area contributed by atoms with Gasteiger partial charge in [-0.3, -0.25) is 4.79 Å². The van der Waals surface area contributed by atoms with Crippen LogP contribution in [-0.2, 0) is 16.6 Å². The summed E-state index contributed by atoms with van der Waals surface area (Å²) in [5, 5.41) is 0. The van der Waals surface area contributed by atoms with Crippen LogP contribution < -0.4 is 0 Å². The summed E-state index contributed by atoms with van der Waals surface area (Å²) in [4.78, 5) is 11.3. The Hall–Kier alpha value is -1.55. The van der Waals surface area contributed by atoms with Gasteiger partial charge in [-0.25, -0.2) is 0 Å². The Morgan fingerprint density at radius 2 is 1.83 bits per heavy atom. The highest BCUT2D eigenvalue weighted by Crippen LogP contribution is 2.22. The van der Waals surface area contributed by atoms with E-state index in [1.807, 2.05) is 0 Å². The summed E-state index contributed by atoms with van der Waals surface area (Å²) in [6.45, 7) is 6.63. The average Bonchev–Trinajstić information content (AvgIpc) is 2.29. The van der Waals surface area contributed by atoms with Crippen molar-refractivity contribution in [1.29, 1.82) is 0 Å². The van der Waals surface area contributed by atoms with Crippen LogP contribution in [0, 0.1) is 12.3 Å². The van der Waals surface area contributed by atoms with Gasteiger partial charge in [-0.15, -0.1) is 6.42 Å². The number of hydrogen-bond donors (Lipinski definition) is 0. The molecule has 0 N–H and O–H groups in total. The molecule has 0 atom stereocenters. The number of hydrogen-bond acceptors (Lipinski definition) is 1. The third kappa shape index (κ3) is 4.75. The Morgan fingerprint density at radius 3 is 2.33 bits per heavy atom. The molecule has 0 saturated heterocycles. The zero-order valence-corrected chi connectivity index (χ0v) is 11.6. The number of carbonyl (C=O) groups is 1. The SMILES string of the molecule is C#CCC(=O)CCCc1ccc(C(C)(C)C)cc1. The Balaban J connectivity index is 2.45. The second-order valence-electron chi connectivity index (χ2n) is 5.72. The van der Waals surface area contributed by atoms with Gasteiger partial charge in [-0.1, -0.05) is 51.0 Å². The average molecular weight is 242 g/mol. The third-order valence-electron chi connectivity index (χ3n) is 3.04. The number of aryl methyl sites for hydroxylation is 1. The molecular formula is C17H22O. The van der Waals surface area contributed by atoms with Crippen LogP contribution in [-0.4, -0.2) is 5.78 Å². The number of benzene rings is 1. The highest BCUT2D eigenvalue weighted by molar-refractivity contribution is 5.80. The molecule has 96 valence electrons. The molecule has 0 amide bonds. The lowest BCUT2D eigenvalue weighted by atomic mass is 9.86. The van der Waals surface area contributed by atoms with Crippen LogP contribution in [0.1, 0.15) is 51.2 Å². The van der Waals surface area contributed by atoms with Crippen molar-refractivity contribution in [3.63, 3.8) is 0 Å². The molecule has 1 aromatic rings. The van der Waals surface area contributed by atoms with Crippen molar-refractivity contribution in [3.05, 3.63) is 35.4 Å². The topological polar surface area (TPSA) is 17.1 Å². The molecule has 1 heteroatoms. The zero-order valence-electron chi connectivity index (χ0n) is 11.6. The smallest absolute Gasteiger partial charge is 0.144 e. The molecule has 0 aliphatic heterocycles. The maximum Gasteiger partial charge on any atom is 0.144 e. The van der Waals surface area contributed by atoms with E-state index in [-0.39, 0.29) is 17.6 Å². The zero-order chi connectivity index (χ0) is 13.6. The van der Waals surface area contributed by atoms with Gasteiger partial charge in [-0.05, 0) is 29.4 Å². The van der Waals surface area contributed by atoms with Crippen LogP contribution in [0.4, 0.5) is 0 Å². The van der Waals surface area contributed by atoms with Crippen molar-refractivity contribution < 1.29 is 4.79 Å². The standard InChI is InChI=1S/C17H22O/c1-5-7-16(18)9-6-8-14-10-12-15(13-11-14)17(2,3)4/h1,10-13H,6-9H2,2-4H3. The largest absolute Gasteiger partial charge is 0.299 e. The first-order chi connectivity index (χ1) is 8.43. The molecule has 0 heterocycles. The fourth-order valence-electron chi connectivity index (χ4n) is 1.86. The van der Waals surface area contributed by atoms with Gasteiger partial charge in [0, 0.05) is 6.42 Å². The van der Waals surface area contributed by atoms with E-state index < -0.39 is 0 Å². The van der Waals surface area contributed by atoms with Crippen LogP contribution in [0.5, 0.6) is 0 Å². The van der Waals surface area contributed by atoms with Gasteiger partial charge in [0.1, 0.15) is 5.78 Å². The Bertz CT molecular complexity index is 426. The van der Waals surface area contributed by atoms with Gasteiger partial charge in [0.2, 0.25) is 0 Å². The first-order valence-electron chi connectivity index (χ1n) is 6.48. The van der Waals surface area contributed by atoms with Crippen LogP contribution in [0.15, 0.2) is 24.3 Å². The second kappa shape index (κ2) is 6.40. The first-order valence-corrected chi connectivity index (χ1v) is 6.48. The molecule has 1 aromatic carbocycles. The molecule has 1 nitrogen and oxygen atoms in total. The van der Waals surface area contributed by atoms with E-state index in [2.05, 4.69) is 51.0 Å². The van der Waals surface area contributed by atoms with E-state index in [1.165, 1.54) is 11.1 Å². The predicted octanol–water partition coefficient (Wildman–Crippen LogP) is 3.90. The van der Waals surface area contributed by atoms with Crippen molar-refractivity contribution in [3.8, 4) is 12.3 Å². The normalized spacial score (nSPS) is 11.0. The summed E-state index contributed by atoms with van der Waals surface area (Å²) in [6, 6.07) is 8.68. The fraction of sp³-hybridized carbons (Fsp3) is 0.471. The van der Waals surface area contributed by atoms with Crippen molar-refractivity contribution in [2.45, 2.75) is 51.9 Å². The summed E-state index contributed by atoms with van der Waals surface area (Å²) in [5.41, 5.74) is 2.83. The summed E-state index contributed by atoms with van der Waals surface area (Å²) in [7, 11) is 0. The number of carbonyl (C=O) groups excluding carboxylic acids is 1. The molecule has 1 rings (SSSR count). The van der Waals surface area contributed by atoms with Gasteiger partial charge in [0.25, 0.3) is 0 Å². The molecule has 0 bridgehead atoms. The first kappa shape index (κ1) is 14.5.